The van der Waals surface area contributed by atoms with Gasteiger partial charge in [-0.1, -0.05) is 27.7 Å². The molecule has 2 N–H and O–H groups in total. The first-order chi connectivity index (χ1) is 9.68. The molecule has 1 unspecified atom stereocenters. The van der Waals surface area contributed by atoms with E-state index in [1.807, 2.05) is 0 Å². The monoisotopic (exact) mass is 296 g/mol. The predicted octanol–water partition coefficient (Wildman–Crippen LogP) is 3.28. The van der Waals surface area contributed by atoms with Crippen LogP contribution >= 0.6 is 0 Å². The standard InChI is InChI=1S/C18H36N2O/c1-16(2)11-17(3,4)13-18(12-16,14-19)20(5)9-15-7-6-8-21-10-15/h15H,6-14,19H2,1-5H3. The smallest absolute Gasteiger partial charge is 0.0506 e. The molecule has 1 aliphatic heterocycles. The maximum atomic E-state index is 6.31. The fraction of sp³-hybridized carbons (Fsp3) is 1.00. The van der Waals surface area contributed by atoms with Crippen LogP contribution in [0.15, 0.2) is 0 Å². The van der Waals surface area contributed by atoms with Crippen LogP contribution < -0.4 is 5.73 Å². The summed E-state index contributed by atoms with van der Waals surface area (Å²) >= 11 is 0. The lowest BCUT2D eigenvalue weighted by atomic mass is 9.58. The van der Waals surface area contributed by atoms with Gasteiger partial charge < -0.3 is 10.5 Å². The summed E-state index contributed by atoms with van der Waals surface area (Å²) < 4.78 is 5.66. The fourth-order valence-electron chi connectivity index (χ4n) is 5.37. The summed E-state index contributed by atoms with van der Waals surface area (Å²) in [5, 5.41) is 0. The Morgan fingerprint density at radius 3 is 2.19 bits per heavy atom. The van der Waals surface area contributed by atoms with E-state index in [0.717, 1.165) is 26.3 Å². The minimum atomic E-state index is 0.155. The van der Waals surface area contributed by atoms with E-state index in [0.29, 0.717) is 16.7 Å². The number of ether oxygens (including phenoxy) is 1. The molecule has 2 rings (SSSR count). The van der Waals surface area contributed by atoms with Crippen LogP contribution in [0.2, 0.25) is 0 Å². The van der Waals surface area contributed by atoms with Crippen LogP contribution in [0.25, 0.3) is 0 Å². The van der Waals surface area contributed by atoms with Gasteiger partial charge in [-0.15, -0.1) is 0 Å². The molecular formula is C18H36N2O. The Morgan fingerprint density at radius 1 is 1.10 bits per heavy atom. The fourth-order valence-corrected chi connectivity index (χ4v) is 5.37. The quantitative estimate of drug-likeness (QED) is 0.865. The molecule has 1 heterocycles. The van der Waals surface area contributed by atoms with E-state index in [1.165, 1.54) is 32.1 Å². The molecule has 0 bridgehead atoms. The molecule has 3 nitrogen and oxygen atoms in total. The zero-order chi connectivity index (χ0) is 15.7. The van der Waals surface area contributed by atoms with E-state index in [2.05, 4.69) is 39.6 Å². The third-order valence-electron chi connectivity index (χ3n) is 5.55. The lowest BCUT2D eigenvalue weighted by Gasteiger charge is -2.56. The highest BCUT2D eigenvalue weighted by molar-refractivity contribution is 5.04. The summed E-state index contributed by atoms with van der Waals surface area (Å²) in [6.45, 7) is 13.4. The maximum Gasteiger partial charge on any atom is 0.0506 e. The Bertz CT molecular complexity index is 329. The third-order valence-corrected chi connectivity index (χ3v) is 5.55. The van der Waals surface area contributed by atoms with Crippen LogP contribution in [0.5, 0.6) is 0 Å². The van der Waals surface area contributed by atoms with Crippen LogP contribution in [0.1, 0.15) is 59.8 Å². The van der Waals surface area contributed by atoms with Gasteiger partial charge in [0.2, 0.25) is 0 Å². The first-order valence-electron chi connectivity index (χ1n) is 8.67. The van der Waals surface area contributed by atoms with Crippen molar-refractivity contribution in [3.8, 4) is 0 Å². The summed E-state index contributed by atoms with van der Waals surface area (Å²) in [7, 11) is 2.29. The van der Waals surface area contributed by atoms with Crippen molar-refractivity contribution < 1.29 is 4.74 Å². The molecule has 1 saturated heterocycles. The van der Waals surface area contributed by atoms with Crippen molar-refractivity contribution in [2.24, 2.45) is 22.5 Å². The van der Waals surface area contributed by atoms with Crippen molar-refractivity contribution in [2.45, 2.75) is 65.3 Å². The van der Waals surface area contributed by atoms with Crippen LogP contribution in [-0.2, 0) is 4.74 Å². The molecule has 3 heteroatoms. The van der Waals surface area contributed by atoms with Gasteiger partial charge in [-0.25, -0.2) is 0 Å². The van der Waals surface area contributed by atoms with Crippen molar-refractivity contribution in [3.63, 3.8) is 0 Å². The molecule has 0 aromatic heterocycles. The normalized spacial score (nSPS) is 31.3. The van der Waals surface area contributed by atoms with Gasteiger partial charge in [-0.3, -0.25) is 4.90 Å². The number of nitrogens with two attached hydrogens (primary N) is 1. The first-order valence-corrected chi connectivity index (χ1v) is 8.67. The molecule has 1 saturated carbocycles. The highest BCUT2D eigenvalue weighted by Crippen LogP contribution is 2.51. The Morgan fingerprint density at radius 2 is 1.71 bits per heavy atom. The van der Waals surface area contributed by atoms with Gasteiger partial charge in [-0.2, -0.15) is 0 Å². The topological polar surface area (TPSA) is 38.5 Å². The van der Waals surface area contributed by atoms with Crippen molar-refractivity contribution >= 4 is 0 Å². The molecule has 0 radical (unpaired) electrons. The van der Waals surface area contributed by atoms with Gasteiger partial charge in [-0.05, 0) is 55.9 Å². The molecule has 0 amide bonds. The SMILES string of the molecule is CN(CC1CCCOC1)C1(CN)CC(C)(C)CC(C)(C)C1. The Hall–Kier alpha value is -0.120. The molecule has 1 aliphatic carbocycles. The van der Waals surface area contributed by atoms with Gasteiger partial charge in [0.25, 0.3) is 0 Å². The predicted molar refractivity (Wildman–Crippen MR) is 89.4 cm³/mol. The van der Waals surface area contributed by atoms with Crippen LogP contribution in [0.3, 0.4) is 0 Å². The van der Waals surface area contributed by atoms with Crippen LogP contribution in [0.4, 0.5) is 0 Å². The number of likely N-dealkylation sites (N-methyl/N-ethyl adjacent to an activating group) is 1. The van der Waals surface area contributed by atoms with Crippen LogP contribution in [0, 0.1) is 16.7 Å². The van der Waals surface area contributed by atoms with E-state index in [4.69, 9.17) is 10.5 Å². The van der Waals surface area contributed by atoms with Gasteiger partial charge >= 0.3 is 0 Å². The van der Waals surface area contributed by atoms with Crippen molar-refractivity contribution in [2.75, 3.05) is 33.4 Å². The summed E-state index contributed by atoms with van der Waals surface area (Å²) in [6.07, 6.45) is 6.24. The van der Waals surface area contributed by atoms with Crippen molar-refractivity contribution in [1.29, 1.82) is 0 Å². The minimum Gasteiger partial charge on any atom is -0.381 e. The van der Waals surface area contributed by atoms with E-state index in [9.17, 15) is 0 Å². The average molecular weight is 296 g/mol. The number of rotatable bonds is 4. The molecule has 2 aliphatic rings. The molecule has 21 heavy (non-hydrogen) atoms. The molecule has 0 spiro atoms. The highest BCUT2D eigenvalue weighted by atomic mass is 16.5. The second-order valence-corrected chi connectivity index (χ2v) is 9.25. The van der Waals surface area contributed by atoms with Gasteiger partial charge in [0, 0.05) is 25.2 Å². The Kier molecular flexibility index (Phi) is 5.07. The maximum absolute atomic E-state index is 6.31. The van der Waals surface area contributed by atoms with Crippen molar-refractivity contribution in [3.05, 3.63) is 0 Å². The number of hydrogen-bond donors (Lipinski definition) is 1. The largest absolute Gasteiger partial charge is 0.381 e. The number of hydrogen-bond acceptors (Lipinski definition) is 3. The molecule has 1 atom stereocenters. The lowest BCUT2D eigenvalue weighted by molar-refractivity contribution is -0.0487. The van der Waals surface area contributed by atoms with E-state index in [-0.39, 0.29) is 5.54 Å². The van der Waals surface area contributed by atoms with Crippen molar-refractivity contribution in [1.82, 2.24) is 4.90 Å². The summed E-state index contributed by atoms with van der Waals surface area (Å²) in [5.41, 5.74) is 7.22. The molecule has 124 valence electrons. The van der Waals surface area contributed by atoms with Crippen LogP contribution in [-0.4, -0.2) is 43.8 Å². The Labute approximate surface area is 131 Å². The first kappa shape index (κ1) is 17.2. The van der Waals surface area contributed by atoms with Gasteiger partial charge in [0.1, 0.15) is 0 Å². The molecule has 2 fully saturated rings. The summed E-state index contributed by atoms with van der Waals surface area (Å²) in [5.74, 6) is 0.681. The summed E-state index contributed by atoms with van der Waals surface area (Å²) in [4.78, 5) is 2.58. The lowest BCUT2D eigenvalue weighted by Crippen LogP contribution is -2.60. The molecule has 0 aromatic carbocycles. The highest BCUT2D eigenvalue weighted by Gasteiger charge is 2.48. The second kappa shape index (κ2) is 6.17. The van der Waals surface area contributed by atoms with E-state index < -0.39 is 0 Å². The zero-order valence-electron chi connectivity index (χ0n) is 14.9. The zero-order valence-corrected chi connectivity index (χ0v) is 14.9. The third kappa shape index (κ3) is 4.20. The second-order valence-electron chi connectivity index (χ2n) is 9.25. The van der Waals surface area contributed by atoms with Gasteiger partial charge in [0.15, 0.2) is 0 Å². The van der Waals surface area contributed by atoms with Gasteiger partial charge in [0.05, 0.1) is 6.61 Å². The minimum absolute atomic E-state index is 0.155. The Balaban J connectivity index is 2.11. The number of nitrogens with zero attached hydrogens (tertiary/aromatic N) is 1. The summed E-state index contributed by atoms with van der Waals surface area (Å²) in [6, 6.07) is 0. The molecular weight excluding hydrogens is 260 g/mol. The van der Waals surface area contributed by atoms with E-state index >= 15 is 0 Å². The average Bonchev–Trinajstić information content (AvgIpc) is 2.36. The van der Waals surface area contributed by atoms with E-state index in [1.54, 1.807) is 0 Å². The molecule has 0 aromatic rings.